The fourth-order valence-electron chi connectivity index (χ4n) is 2.82. The summed E-state index contributed by atoms with van der Waals surface area (Å²) < 4.78 is 19.1. The van der Waals surface area contributed by atoms with Gasteiger partial charge in [0.1, 0.15) is 5.82 Å². The van der Waals surface area contributed by atoms with Crippen LogP contribution in [0.15, 0.2) is 24.3 Å². The Morgan fingerprint density at radius 1 is 1.43 bits per heavy atom. The van der Waals surface area contributed by atoms with Crippen LogP contribution in [0.5, 0.6) is 0 Å². The van der Waals surface area contributed by atoms with Crippen molar-refractivity contribution < 1.29 is 13.9 Å². The summed E-state index contributed by atoms with van der Waals surface area (Å²) in [5.41, 5.74) is 0.699. The van der Waals surface area contributed by atoms with Gasteiger partial charge in [0.25, 0.3) is 0 Å². The van der Waals surface area contributed by atoms with Crippen molar-refractivity contribution in [3.8, 4) is 0 Å². The molecule has 0 aromatic heterocycles. The summed E-state index contributed by atoms with van der Waals surface area (Å²) in [4.78, 5) is 14.3. The molecule has 0 aliphatic carbocycles. The van der Waals surface area contributed by atoms with E-state index in [0.29, 0.717) is 37.6 Å². The lowest BCUT2D eigenvalue weighted by Crippen LogP contribution is -2.47. The van der Waals surface area contributed by atoms with Crippen molar-refractivity contribution in [1.29, 1.82) is 0 Å². The van der Waals surface area contributed by atoms with Gasteiger partial charge in [-0.1, -0.05) is 18.2 Å². The molecule has 0 bridgehead atoms. The molecule has 23 heavy (non-hydrogen) atoms. The summed E-state index contributed by atoms with van der Waals surface area (Å²) in [6.07, 6.45) is 1.73. The monoisotopic (exact) mass is 322 g/mol. The van der Waals surface area contributed by atoms with Crippen molar-refractivity contribution in [3.05, 3.63) is 35.6 Å². The van der Waals surface area contributed by atoms with Crippen LogP contribution in [0.3, 0.4) is 0 Å². The Hall–Kier alpha value is -1.46. The minimum absolute atomic E-state index is 0.00846. The molecule has 4 nitrogen and oxygen atoms in total. The van der Waals surface area contributed by atoms with Gasteiger partial charge in [-0.15, -0.1) is 0 Å². The van der Waals surface area contributed by atoms with E-state index in [9.17, 15) is 9.18 Å². The topological polar surface area (TPSA) is 41.6 Å². The largest absolute Gasteiger partial charge is 0.375 e. The Balaban J connectivity index is 1.64. The molecule has 1 atom stereocenters. The van der Waals surface area contributed by atoms with E-state index in [1.807, 2.05) is 6.07 Å². The molecule has 1 amide bonds. The molecule has 1 fully saturated rings. The van der Waals surface area contributed by atoms with Crippen LogP contribution < -0.4 is 5.32 Å². The van der Waals surface area contributed by atoms with Gasteiger partial charge in [-0.25, -0.2) is 4.39 Å². The highest BCUT2D eigenvalue weighted by molar-refractivity contribution is 5.76. The summed E-state index contributed by atoms with van der Waals surface area (Å²) in [5, 5.41) is 2.90. The average Bonchev–Trinajstić information content (AvgIpc) is 2.53. The van der Waals surface area contributed by atoms with Crippen molar-refractivity contribution in [1.82, 2.24) is 10.2 Å². The molecule has 2 rings (SSSR count). The first kappa shape index (κ1) is 17.9. The number of amides is 1. The predicted octanol–water partition coefficient (Wildman–Crippen LogP) is 2.37. The summed E-state index contributed by atoms with van der Waals surface area (Å²) in [5.74, 6) is -0.169. The van der Waals surface area contributed by atoms with Gasteiger partial charge in [-0.2, -0.15) is 0 Å². The molecule has 5 heteroatoms. The van der Waals surface area contributed by atoms with Crippen LogP contribution in [0.2, 0.25) is 0 Å². The van der Waals surface area contributed by atoms with Crippen LogP contribution in [0, 0.1) is 5.82 Å². The highest BCUT2D eigenvalue weighted by atomic mass is 19.1. The standard InChI is InChI=1S/C18H27FN2O2/c1-14(2)21-10-11-23-16(13-21)12-18(22)20-9-5-7-15-6-3-4-8-17(15)19/h3-4,6,8,14,16H,5,7,9-13H2,1-2H3,(H,20,22). The highest BCUT2D eigenvalue weighted by Crippen LogP contribution is 2.12. The molecular formula is C18H27FN2O2. The number of benzene rings is 1. The van der Waals surface area contributed by atoms with Gasteiger partial charge in [0.2, 0.25) is 5.91 Å². The second-order valence-corrected chi connectivity index (χ2v) is 6.33. The third-order valence-corrected chi connectivity index (χ3v) is 4.22. The van der Waals surface area contributed by atoms with Gasteiger partial charge < -0.3 is 10.1 Å². The van der Waals surface area contributed by atoms with E-state index in [1.54, 1.807) is 12.1 Å². The number of nitrogens with zero attached hydrogens (tertiary/aromatic N) is 1. The van der Waals surface area contributed by atoms with Crippen LogP contribution in [0.4, 0.5) is 4.39 Å². The number of carbonyl (C=O) groups is 1. The van der Waals surface area contributed by atoms with Gasteiger partial charge in [0, 0.05) is 25.7 Å². The van der Waals surface area contributed by atoms with Crippen LogP contribution in [-0.4, -0.2) is 49.2 Å². The van der Waals surface area contributed by atoms with E-state index in [4.69, 9.17) is 4.74 Å². The quantitative estimate of drug-likeness (QED) is 0.784. The van der Waals surface area contributed by atoms with E-state index in [-0.39, 0.29) is 17.8 Å². The van der Waals surface area contributed by atoms with Crippen molar-refractivity contribution in [2.24, 2.45) is 0 Å². The molecule has 1 aromatic carbocycles. The van der Waals surface area contributed by atoms with Crippen LogP contribution in [-0.2, 0) is 16.0 Å². The van der Waals surface area contributed by atoms with Gasteiger partial charge in [0.15, 0.2) is 0 Å². The van der Waals surface area contributed by atoms with Crippen molar-refractivity contribution in [2.75, 3.05) is 26.2 Å². The second kappa shape index (κ2) is 8.99. The molecule has 1 N–H and O–H groups in total. The summed E-state index contributed by atoms with van der Waals surface area (Å²) in [6.45, 7) is 7.30. The number of morpholine rings is 1. The van der Waals surface area contributed by atoms with E-state index in [0.717, 1.165) is 19.5 Å². The maximum Gasteiger partial charge on any atom is 0.222 e. The number of ether oxygens (including phenoxy) is 1. The molecule has 1 aliphatic heterocycles. The molecular weight excluding hydrogens is 295 g/mol. The average molecular weight is 322 g/mol. The molecule has 1 aliphatic rings. The minimum atomic E-state index is -0.178. The van der Waals surface area contributed by atoms with Gasteiger partial charge in [0.05, 0.1) is 19.1 Å². The van der Waals surface area contributed by atoms with Crippen molar-refractivity contribution in [3.63, 3.8) is 0 Å². The zero-order chi connectivity index (χ0) is 16.7. The third kappa shape index (κ3) is 5.92. The minimum Gasteiger partial charge on any atom is -0.375 e. The number of hydrogen-bond acceptors (Lipinski definition) is 3. The molecule has 1 aromatic rings. The maximum absolute atomic E-state index is 13.5. The lowest BCUT2D eigenvalue weighted by Gasteiger charge is -2.35. The predicted molar refractivity (Wildman–Crippen MR) is 88.8 cm³/mol. The van der Waals surface area contributed by atoms with E-state index in [1.165, 1.54) is 6.07 Å². The van der Waals surface area contributed by atoms with Crippen molar-refractivity contribution >= 4 is 5.91 Å². The first-order valence-electron chi connectivity index (χ1n) is 8.42. The van der Waals surface area contributed by atoms with Crippen LogP contribution in [0.25, 0.3) is 0 Å². The molecule has 0 spiro atoms. The zero-order valence-electron chi connectivity index (χ0n) is 14.1. The first-order valence-corrected chi connectivity index (χ1v) is 8.42. The summed E-state index contributed by atoms with van der Waals surface area (Å²) in [6, 6.07) is 7.25. The molecule has 1 unspecified atom stereocenters. The highest BCUT2D eigenvalue weighted by Gasteiger charge is 2.24. The lowest BCUT2D eigenvalue weighted by atomic mass is 10.1. The van der Waals surface area contributed by atoms with E-state index < -0.39 is 0 Å². The van der Waals surface area contributed by atoms with Crippen LogP contribution in [0.1, 0.15) is 32.3 Å². The Morgan fingerprint density at radius 3 is 2.96 bits per heavy atom. The van der Waals surface area contributed by atoms with Gasteiger partial charge in [-0.05, 0) is 38.3 Å². The number of nitrogens with one attached hydrogen (secondary N) is 1. The Bertz CT molecular complexity index is 508. The van der Waals surface area contributed by atoms with E-state index in [2.05, 4.69) is 24.1 Å². The molecule has 1 heterocycles. The SMILES string of the molecule is CC(C)N1CCOC(CC(=O)NCCCc2ccccc2F)C1. The zero-order valence-corrected chi connectivity index (χ0v) is 14.1. The molecule has 0 radical (unpaired) electrons. The third-order valence-electron chi connectivity index (χ3n) is 4.22. The number of rotatable bonds is 7. The van der Waals surface area contributed by atoms with E-state index >= 15 is 0 Å². The fourth-order valence-corrected chi connectivity index (χ4v) is 2.82. The number of carbonyl (C=O) groups excluding carboxylic acids is 1. The second-order valence-electron chi connectivity index (χ2n) is 6.33. The molecule has 128 valence electrons. The fraction of sp³-hybridized carbons (Fsp3) is 0.611. The molecule has 0 saturated carbocycles. The molecule has 1 saturated heterocycles. The first-order chi connectivity index (χ1) is 11.1. The van der Waals surface area contributed by atoms with Crippen molar-refractivity contribution in [2.45, 2.75) is 45.3 Å². The Labute approximate surface area is 138 Å². The number of halogens is 1. The smallest absolute Gasteiger partial charge is 0.222 e. The lowest BCUT2D eigenvalue weighted by molar-refractivity contribution is -0.126. The number of hydrogen-bond donors (Lipinski definition) is 1. The normalized spacial score (nSPS) is 19.0. The van der Waals surface area contributed by atoms with Gasteiger partial charge in [-0.3, -0.25) is 9.69 Å². The maximum atomic E-state index is 13.5. The number of aryl methyl sites for hydroxylation is 1. The Morgan fingerprint density at radius 2 is 2.22 bits per heavy atom. The van der Waals surface area contributed by atoms with Gasteiger partial charge >= 0.3 is 0 Å². The Kier molecular flexibility index (Phi) is 6.99. The summed E-state index contributed by atoms with van der Waals surface area (Å²) >= 11 is 0. The van der Waals surface area contributed by atoms with Crippen LogP contribution >= 0.6 is 0 Å². The summed E-state index contributed by atoms with van der Waals surface area (Å²) in [7, 11) is 0.